The van der Waals surface area contributed by atoms with Crippen molar-refractivity contribution >= 4 is 0 Å². The number of nitrogens with zero attached hydrogens (tertiary/aromatic N) is 1. The van der Waals surface area contributed by atoms with Gasteiger partial charge in [-0.3, -0.25) is 4.90 Å². The van der Waals surface area contributed by atoms with Crippen LogP contribution in [0, 0.1) is 5.92 Å². The van der Waals surface area contributed by atoms with Crippen LogP contribution in [0.4, 0.5) is 0 Å². The Bertz CT molecular complexity index is 366. The Balaban J connectivity index is 2.12. The molecular weight excluding hydrogens is 194 g/mol. The monoisotopic (exact) mass is 217 g/mol. The molecule has 2 aliphatic heterocycles. The first-order valence-electron chi connectivity index (χ1n) is 6.81. The largest absolute Gasteiger partial charge is 0.284 e. The zero-order valence-corrected chi connectivity index (χ0v) is 10.8. The van der Waals surface area contributed by atoms with Gasteiger partial charge in [-0.2, -0.15) is 0 Å². The van der Waals surface area contributed by atoms with Crippen LogP contribution < -0.4 is 0 Å². The highest BCUT2D eigenvalue weighted by atomic mass is 15.2. The van der Waals surface area contributed by atoms with E-state index in [1.54, 1.807) is 11.1 Å². The highest BCUT2D eigenvalue weighted by molar-refractivity contribution is 5.41. The summed E-state index contributed by atoms with van der Waals surface area (Å²) in [6.45, 7) is 8.43. The van der Waals surface area contributed by atoms with E-state index in [9.17, 15) is 0 Å². The molecule has 3 atom stereocenters. The Morgan fingerprint density at radius 2 is 2.00 bits per heavy atom. The van der Waals surface area contributed by atoms with Crippen molar-refractivity contribution in [1.82, 2.24) is 4.90 Å². The van der Waals surface area contributed by atoms with Gasteiger partial charge in [-0.1, -0.05) is 24.6 Å². The van der Waals surface area contributed by atoms with Gasteiger partial charge < -0.3 is 0 Å². The molecule has 3 aliphatic rings. The van der Waals surface area contributed by atoms with Crippen LogP contribution in [-0.4, -0.2) is 23.0 Å². The summed E-state index contributed by atoms with van der Waals surface area (Å²) in [5.74, 6) is 0.767. The summed E-state index contributed by atoms with van der Waals surface area (Å²) < 4.78 is 0. The van der Waals surface area contributed by atoms with Crippen LogP contribution in [0.5, 0.6) is 0 Å². The third-order valence-electron chi connectivity index (χ3n) is 5.23. The molecule has 1 aliphatic carbocycles. The van der Waals surface area contributed by atoms with Gasteiger partial charge in [0.25, 0.3) is 0 Å². The van der Waals surface area contributed by atoms with Crippen molar-refractivity contribution in [2.75, 3.05) is 6.54 Å². The van der Waals surface area contributed by atoms with Gasteiger partial charge in [0, 0.05) is 12.6 Å². The minimum atomic E-state index is 0.266. The molecule has 1 nitrogen and oxygen atoms in total. The third-order valence-corrected chi connectivity index (χ3v) is 5.23. The lowest BCUT2D eigenvalue weighted by atomic mass is 9.70. The molecule has 0 fully saturated rings. The van der Waals surface area contributed by atoms with E-state index in [2.05, 4.69) is 37.8 Å². The van der Waals surface area contributed by atoms with Crippen molar-refractivity contribution in [2.24, 2.45) is 5.92 Å². The quantitative estimate of drug-likeness (QED) is 0.561. The van der Waals surface area contributed by atoms with Crippen molar-refractivity contribution in [2.45, 2.75) is 58.0 Å². The topological polar surface area (TPSA) is 3.24 Å². The maximum absolute atomic E-state index is 2.70. The van der Waals surface area contributed by atoms with Crippen LogP contribution in [0.25, 0.3) is 0 Å². The molecule has 1 heteroatoms. The zero-order valence-electron chi connectivity index (χ0n) is 10.8. The Hall–Kier alpha value is -0.560. The average Bonchev–Trinajstić information content (AvgIpc) is 2.70. The maximum atomic E-state index is 2.70. The second-order valence-corrected chi connectivity index (χ2v) is 5.94. The van der Waals surface area contributed by atoms with Crippen LogP contribution in [0.1, 0.15) is 46.5 Å². The molecule has 88 valence electrons. The summed E-state index contributed by atoms with van der Waals surface area (Å²) in [5, 5.41) is 0. The smallest absolute Gasteiger partial charge is 0.0585 e. The van der Waals surface area contributed by atoms with Gasteiger partial charge >= 0.3 is 0 Å². The Morgan fingerprint density at radius 3 is 2.81 bits per heavy atom. The molecule has 3 rings (SSSR count). The highest BCUT2D eigenvalue weighted by Crippen LogP contribution is 2.48. The van der Waals surface area contributed by atoms with Crippen molar-refractivity contribution in [3.8, 4) is 0 Å². The number of rotatable bonds is 0. The summed E-state index contributed by atoms with van der Waals surface area (Å²) in [5.41, 5.74) is 3.82. The summed E-state index contributed by atoms with van der Waals surface area (Å²) in [6, 6.07) is 0.705. The molecule has 0 saturated heterocycles. The summed E-state index contributed by atoms with van der Waals surface area (Å²) in [4.78, 5) is 2.70. The second kappa shape index (κ2) is 3.46. The number of hydrogen-bond donors (Lipinski definition) is 0. The summed E-state index contributed by atoms with van der Waals surface area (Å²) in [6.07, 6.45) is 10.3. The van der Waals surface area contributed by atoms with Gasteiger partial charge in [0.05, 0.1) is 5.54 Å². The fourth-order valence-electron chi connectivity index (χ4n) is 4.11. The molecule has 0 N–H and O–H groups in total. The Labute approximate surface area is 99.2 Å². The van der Waals surface area contributed by atoms with Crippen LogP contribution in [0.15, 0.2) is 23.3 Å². The van der Waals surface area contributed by atoms with Gasteiger partial charge in [0.1, 0.15) is 0 Å². The first-order valence-corrected chi connectivity index (χ1v) is 6.81. The fraction of sp³-hybridized carbons (Fsp3) is 0.733. The molecule has 0 aromatic rings. The second-order valence-electron chi connectivity index (χ2n) is 5.94. The average molecular weight is 217 g/mol. The van der Waals surface area contributed by atoms with Gasteiger partial charge in [-0.05, 0) is 51.0 Å². The van der Waals surface area contributed by atoms with E-state index in [-0.39, 0.29) is 5.54 Å². The van der Waals surface area contributed by atoms with Crippen molar-refractivity contribution in [1.29, 1.82) is 0 Å². The van der Waals surface area contributed by atoms with Gasteiger partial charge in [-0.25, -0.2) is 0 Å². The van der Waals surface area contributed by atoms with Gasteiger partial charge in [-0.15, -0.1) is 0 Å². The molecule has 0 aromatic carbocycles. The molecule has 0 bridgehead atoms. The predicted molar refractivity (Wildman–Crippen MR) is 68.4 cm³/mol. The molecule has 0 spiro atoms. The molecule has 3 unspecified atom stereocenters. The van der Waals surface area contributed by atoms with Crippen molar-refractivity contribution in [3.63, 3.8) is 0 Å². The SMILES string of the molecule is CC1C2=C(CCCC2)C2(C)C=CCN2C1C. The third kappa shape index (κ3) is 1.21. The van der Waals surface area contributed by atoms with Crippen molar-refractivity contribution in [3.05, 3.63) is 23.3 Å². The van der Waals surface area contributed by atoms with Crippen LogP contribution in [-0.2, 0) is 0 Å². The molecular formula is C15H23N. The van der Waals surface area contributed by atoms with E-state index in [0.717, 1.165) is 12.5 Å². The summed E-state index contributed by atoms with van der Waals surface area (Å²) >= 11 is 0. The lowest BCUT2D eigenvalue weighted by molar-refractivity contribution is 0.101. The molecule has 0 amide bonds. The van der Waals surface area contributed by atoms with E-state index in [0.29, 0.717) is 6.04 Å². The minimum Gasteiger partial charge on any atom is -0.284 e. The molecule has 0 radical (unpaired) electrons. The fourth-order valence-corrected chi connectivity index (χ4v) is 4.11. The Kier molecular flexibility index (Phi) is 2.29. The lowest BCUT2D eigenvalue weighted by Gasteiger charge is -2.51. The van der Waals surface area contributed by atoms with E-state index in [4.69, 9.17) is 0 Å². The lowest BCUT2D eigenvalue weighted by Crippen LogP contribution is -2.55. The van der Waals surface area contributed by atoms with Crippen LogP contribution >= 0.6 is 0 Å². The highest BCUT2D eigenvalue weighted by Gasteiger charge is 2.46. The molecule has 16 heavy (non-hydrogen) atoms. The van der Waals surface area contributed by atoms with E-state index in [1.165, 1.54) is 25.7 Å². The number of fused-ring (bicyclic) bond motifs is 2. The minimum absolute atomic E-state index is 0.266. The standard InChI is InChI=1S/C15H23N/c1-11-12(2)16-10-6-9-15(16,3)14-8-5-4-7-13(11)14/h6,9,11-12H,4-5,7-8,10H2,1-3H3. The van der Waals surface area contributed by atoms with Crippen LogP contribution in [0.3, 0.4) is 0 Å². The van der Waals surface area contributed by atoms with Crippen molar-refractivity contribution < 1.29 is 0 Å². The molecule has 0 aromatic heterocycles. The predicted octanol–water partition coefficient (Wildman–Crippen LogP) is 3.53. The van der Waals surface area contributed by atoms with E-state index in [1.807, 2.05) is 0 Å². The Morgan fingerprint density at radius 1 is 1.25 bits per heavy atom. The van der Waals surface area contributed by atoms with E-state index >= 15 is 0 Å². The van der Waals surface area contributed by atoms with Crippen LogP contribution in [0.2, 0.25) is 0 Å². The van der Waals surface area contributed by atoms with Gasteiger partial charge in [0.2, 0.25) is 0 Å². The summed E-state index contributed by atoms with van der Waals surface area (Å²) in [7, 11) is 0. The van der Waals surface area contributed by atoms with E-state index < -0.39 is 0 Å². The first kappa shape index (κ1) is 10.6. The number of hydrogen-bond acceptors (Lipinski definition) is 1. The normalized spacial score (nSPS) is 43.4. The zero-order chi connectivity index (χ0) is 11.3. The molecule has 2 heterocycles. The van der Waals surface area contributed by atoms with Gasteiger partial charge in [0.15, 0.2) is 0 Å². The maximum Gasteiger partial charge on any atom is 0.0585 e. The first-order chi connectivity index (χ1) is 7.64. The molecule has 0 saturated carbocycles.